The summed E-state index contributed by atoms with van der Waals surface area (Å²) in [6.07, 6.45) is 5.10. The number of likely N-dealkylation sites (N-methyl/N-ethyl adjacent to an activating group) is 1. The largest absolute Gasteiger partial charge is 0.493 e. The molecule has 0 atom stereocenters. The molecule has 2 aliphatic rings. The van der Waals surface area contributed by atoms with E-state index in [4.69, 9.17) is 9.47 Å². The summed E-state index contributed by atoms with van der Waals surface area (Å²) in [7, 11) is 3.70. The normalized spacial score (nSPS) is 19.0. The van der Waals surface area contributed by atoms with Crippen molar-refractivity contribution in [1.29, 1.82) is 0 Å². The van der Waals surface area contributed by atoms with Gasteiger partial charge in [0.1, 0.15) is 6.10 Å². The summed E-state index contributed by atoms with van der Waals surface area (Å²) in [4.78, 5) is 16.4. The van der Waals surface area contributed by atoms with Crippen molar-refractivity contribution in [2.45, 2.75) is 37.8 Å². The number of para-hydroxylation sites is 2. The fourth-order valence-electron chi connectivity index (χ4n) is 3.40. The third-order valence-corrected chi connectivity index (χ3v) is 4.90. The third kappa shape index (κ3) is 3.78. The van der Waals surface area contributed by atoms with Gasteiger partial charge in [0.25, 0.3) is 0 Å². The maximum Gasteiger partial charge on any atom is 0.237 e. The first kappa shape index (κ1) is 16.1. The highest BCUT2D eigenvalue weighted by molar-refractivity contribution is 5.79. The van der Waals surface area contributed by atoms with Crippen molar-refractivity contribution in [2.24, 2.45) is 0 Å². The number of likely N-dealkylation sites (tertiary alicyclic amines) is 1. The first-order valence-corrected chi connectivity index (χ1v) is 8.45. The molecule has 1 saturated carbocycles. The molecule has 0 radical (unpaired) electrons. The van der Waals surface area contributed by atoms with Crippen LogP contribution in [0.1, 0.15) is 25.7 Å². The molecule has 1 aliphatic heterocycles. The second kappa shape index (κ2) is 7.21. The van der Waals surface area contributed by atoms with Gasteiger partial charge in [0, 0.05) is 6.04 Å². The molecule has 3 rings (SSSR count). The molecular formula is C18H26N2O3. The number of methoxy groups -OCH3 is 1. The first-order chi connectivity index (χ1) is 11.2. The standard InChI is InChI=1S/C18H26N2O3/c1-19(14-7-3-4-8-14)13-18(21)20-11-15(12-20)23-17-10-6-5-9-16(17)22-2/h5-6,9-10,14-15H,3-4,7-8,11-13H2,1-2H3. The van der Waals surface area contributed by atoms with E-state index in [-0.39, 0.29) is 12.0 Å². The molecule has 0 bridgehead atoms. The topological polar surface area (TPSA) is 42.0 Å². The third-order valence-electron chi connectivity index (χ3n) is 4.90. The molecule has 0 unspecified atom stereocenters. The zero-order valence-corrected chi connectivity index (χ0v) is 14.0. The van der Waals surface area contributed by atoms with Gasteiger partial charge in [0.05, 0.1) is 26.7 Å². The van der Waals surface area contributed by atoms with Crippen LogP contribution in [0, 0.1) is 0 Å². The number of ether oxygens (including phenoxy) is 2. The van der Waals surface area contributed by atoms with Crippen molar-refractivity contribution in [3.05, 3.63) is 24.3 Å². The molecule has 1 saturated heterocycles. The van der Waals surface area contributed by atoms with Gasteiger partial charge in [0.15, 0.2) is 11.5 Å². The second-order valence-corrected chi connectivity index (χ2v) is 6.54. The Labute approximate surface area is 138 Å². The summed E-state index contributed by atoms with van der Waals surface area (Å²) < 4.78 is 11.2. The molecule has 5 nitrogen and oxygen atoms in total. The van der Waals surface area contributed by atoms with Gasteiger partial charge in [-0.2, -0.15) is 0 Å². The number of hydrogen-bond acceptors (Lipinski definition) is 4. The van der Waals surface area contributed by atoms with Gasteiger partial charge >= 0.3 is 0 Å². The Kier molecular flexibility index (Phi) is 5.06. The van der Waals surface area contributed by atoms with Crippen LogP contribution in [-0.2, 0) is 4.79 Å². The molecule has 126 valence electrons. The zero-order valence-electron chi connectivity index (χ0n) is 14.0. The lowest BCUT2D eigenvalue weighted by Crippen LogP contribution is -2.58. The van der Waals surface area contributed by atoms with E-state index in [1.54, 1.807) is 7.11 Å². The average molecular weight is 318 g/mol. The van der Waals surface area contributed by atoms with Crippen molar-refractivity contribution >= 4 is 5.91 Å². The summed E-state index contributed by atoms with van der Waals surface area (Å²) >= 11 is 0. The summed E-state index contributed by atoms with van der Waals surface area (Å²) in [5.41, 5.74) is 0. The van der Waals surface area contributed by atoms with Crippen LogP contribution in [0.5, 0.6) is 11.5 Å². The molecular weight excluding hydrogens is 292 g/mol. The monoisotopic (exact) mass is 318 g/mol. The van der Waals surface area contributed by atoms with E-state index < -0.39 is 0 Å². The van der Waals surface area contributed by atoms with Gasteiger partial charge in [-0.05, 0) is 32.0 Å². The molecule has 0 N–H and O–H groups in total. The summed E-state index contributed by atoms with van der Waals surface area (Å²) in [6.45, 7) is 1.84. The SMILES string of the molecule is COc1ccccc1OC1CN(C(=O)CN(C)C2CCCC2)C1. The maximum atomic E-state index is 12.3. The van der Waals surface area contributed by atoms with Crippen molar-refractivity contribution in [3.8, 4) is 11.5 Å². The van der Waals surface area contributed by atoms with Crippen LogP contribution in [0.2, 0.25) is 0 Å². The van der Waals surface area contributed by atoms with Gasteiger partial charge in [-0.15, -0.1) is 0 Å². The van der Waals surface area contributed by atoms with Crippen molar-refractivity contribution in [3.63, 3.8) is 0 Å². The molecule has 1 aliphatic carbocycles. The maximum absolute atomic E-state index is 12.3. The predicted molar refractivity (Wildman–Crippen MR) is 88.9 cm³/mol. The second-order valence-electron chi connectivity index (χ2n) is 6.54. The molecule has 1 aromatic carbocycles. The predicted octanol–water partition coefficient (Wildman–Crippen LogP) is 2.16. The van der Waals surface area contributed by atoms with Crippen molar-refractivity contribution in [2.75, 3.05) is 33.8 Å². The van der Waals surface area contributed by atoms with Crippen LogP contribution in [0.25, 0.3) is 0 Å². The Balaban J connectivity index is 1.44. The smallest absolute Gasteiger partial charge is 0.237 e. The van der Waals surface area contributed by atoms with Gasteiger partial charge < -0.3 is 14.4 Å². The number of benzene rings is 1. The van der Waals surface area contributed by atoms with Crippen molar-refractivity contribution < 1.29 is 14.3 Å². The van der Waals surface area contributed by atoms with E-state index in [0.717, 1.165) is 11.5 Å². The van der Waals surface area contributed by atoms with E-state index >= 15 is 0 Å². The molecule has 0 aromatic heterocycles. The number of amides is 1. The molecule has 2 fully saturated rings. The number of nitrogens with zero attached hydrogens (tertiary/aromatic N) is 2. The lowest BCUT2D eigenvalue weighted by Gasteiger charge is -2.40. The van der Waals surface area contributed by atoms with Crippen LogP contribution in [0.3, 0.4) is 0 Å². The molecule has 1 heterocycles. The first-order valence-electron chi connectivity index (χ1n) is 8.45. The highest BCUT2D eigenvalue weighted by Gasteiger charge is 2.33. The van der Waals surface area contributed by atoms with E-state index in [1.807, 2.05) is 29.2 Å². The number of hydrogen-bond donors (Lipinski definition) is 0. The van der Waals surface area contributed by atoms with E-state index in [9.17, 15) is 4.79 Å². The lowest BCUT2D eigenvalue weighted by molar-refractivity contribution is -0.141. The van der Waals surface area contributed by atoms with Crippen LogP contribution in [0.4, 0.5) is 0 Å². The van der Waals surface area contributed by atoms with E-state index in [1.165, 1.54) is 25.7 Å². The zero-order chi connectivity index (χ0) is 16.2. The van der Waals surface area contributed by atoms with Gasteiger partial charge in [0.2, 0.25) is 5.91 Å². The highest BCUT2D eigenvalue weighted by atomic mass is 16.5. The molecule has 23 heavy (non-hydrogen) atoms. The van der Waals surface area contributed by atoms with E-state index in [2.05, 4.69) is 11.9 Å². The number of rotatable bonds is 6. The minimum atomic E-state index is 0.0621. The van der Waals surface area contributed by atoms with Gasteiger partial charge in [-0.3, -0.25) is 9.69 Å². The molecule has 5 heteroatoms. The summed E-state index contributed by atoms with van der Waals surface area (Å²) in [5, 5.41) is 0. The average Bonchev–Trinajstić information content (AvgIpc) is 3.05. The van der Waals surface area contributed by atoms with Gasteiger partial charge in [-0.1, -0.05) is 25.0 Å². The minimum Gasteiger partial charge on any atom is -0.493 e. The van der Waals surface area contributed by atoms with E-state index in [0.29, 0.717) is 25.7 Å². The van der Waals surface area contributed by atoms with Crippen LogP contribution < -0.4 is 9.47 Å². The molecule has 1 amide bonds. The Morgan fingerprint density at radius 1 is 1.22 bits per heavy atom. The Hall–Kier alpha value is -1.75. The van der Waals surface area contributed by atoms with Crippen LogP contribution >= 0.6 is 0 Å². The summed E-state index contributed by atoms with van der Waals surface area (Å²) in [5.74, 6) is 1.69. The Morgan fingerprint density at radius 3 is 2.52 bits per heavy atom. The molecule has 1 aromatic rings. The van der Waals surface area contributed by atoms with Gasteiger partial charge in [-0.25, -0.2) is 0 Å². The fourth-order valence-corrected chi connectivity index (χ4v) is 3.40. The highest BCUT2D eigenvalue weighted by Crippen LogP contribution is 2.29. The van der Waals surface area contributed by atoms with Crippen molar-refractivity contribution in [1.82, 2.24) is 9.80 Å². The Morgan fingerprint density at radius 2 is 1.87 bits per heavy atom. The summed E-state index contributed by atoms with van der Waals surface area (Å²) in [6, 6.07) is 8.21. The van der Waals surface area contributed by atoms with Crippen LogP contribution in [0.15, 0.2) is 24.3 Å². The quantitative estimate of drug-likeness (QED) is 0.806. The molecule has 0 spiro atoms. The lowest BCUT2D eigenvalue weighted by atomic mass is 10.1. The number of carbonyl (C=O) groups is 1. The minimum absolute atomic E-state index is 0.0621. The van der Waals surface area contributed by atoms with Crippen LogP contribution in [-0.4, -0.2) is 61.6 Å². The number of carbonyl (C=O) groups excluding carboxylic acids is 1. The fraction of sp³-hybridized carbons (Fsp3) is 0.611. The Bertz CT molecular complexity index is 537.